The number of benzene rings is 1. The smallest absolute Gasteiger partial charge is 0.344 e. The molecule has 0 aliphatic heterocycles. The molecule has 0 saturated heterocycles. The molecule has 0 aliphatic rings. The second-order valence-electron chi connectivity index (χ2n) is 3.46. The van der Waals surface area contributed by atoms with E-state index >= 15 is 0 Å². The van der Waals surface area contributed by atoms with Crippen LogP contribution in [0, 0.1) is 0 Å². The molecule has 1 N–H and O–H groups in total. The molecule has 2 rings (SSSR count). The zero-order valence-corrected chi connectivity index (χ0v) is 10.9. The van der Waals surface area contributed by atoms with Crippen LogP contribution in [0.3, 0.4) is 0 Å². The van der Waals surface area contributed by atoms with E-state index < -0.39 is 11.2 Å². The van der Waals surface area contributed by atoms with Crippen molar-refractivity contribution < 1.29 is 4.74 Å². The number of rotatable bonds is 4. The van der Waals surface area contributed by atoms with Crippen molar-refractivity contribution in [2.75, 3.05) is 6.61 Å². The van der Waals surface area contributed by atoms with Crippen LogP contribution in [0.2, 0.25) is 0 Å². The standard InChI is InChI=1S/C11H10BrN3O3/c12-8-1-3-9(4-2-8)18-6-5-15-11(17)14-10(16)7-13-15/h1-4,7H,5-6H2,(H,14,16,17). The summed E-state index contributed by atoms with van der Waals surface area (Å²) in [5.74, 6) is 0.704. The van der Waals surface area contributed by atoms with Gasteiger partial charge in [-0.15, -0.1) is 0 Å². The van der Waals surface area contributed by atoms with Gasteiger partial charge in [0.1, 0.15) is 18.6 Å². The molecule has 18 heavy (non-hydrogen) atoms. The van der Waals surface area contributed by atoms with Gasteiger partial charge in [0.2, 0.25) is 0 Å². The monoisotopic (exact) mass is 311 g/mol. The number of halogens is 1. The number of nitrogens with zero attached hydrogens (tertiary/aromatic N) is 2. The van der Waals surface area contributed by atoms with Gasteiger partial charge in [-0.1, -0.05) is 15.9 Å². The van der Waals surface area contributed by atoms with Crippen molar-refractivity contribution in [2.24, 2.45) is 0 Å². The number of aromatic nitrogens is 3. The number of aromatic amines is 1. The van der Waals surface area contributed by atoms with Crippen molar-refractivity contribution in [1.82, 2.24) is 14.8 Å². The Labute approximate surface area is 110 Å². The van der Waals surface area contributed by atoms with Gasteiger partial charge in [-0.25, -0.2) is 9.48 Å². The number of ether oxygens (including phenoxy) is 1. The van der Waals surface area contributed by atoms with Gasteiger partial charge in [0.25, 0.3) is 5.56 Å². The SMILES string of the molecule is O=c1cnn(CCOc2ccc(Br)cc2)c(=O)[nH]1. The van der Waals surface area contributed by atoms with E-state index in [4.69, 9.17) is 4.74 Å². The van der Waals surface area contributed by atoms with Crippen LogP contribution in [-0.2, 0) is 6.54 Å². The van der Waals surface area contributed by atoms with Gasteiger partial charge >= 0.3 is 5.69 Å². The largest absolute Gasteiger partial charge is 0.492 e. The maximum absolute atomic E-state index is 11.3. The van der Waals surface area contributed by atoms with Crippen LogP contribution in [0.25, 0.3) is 0 Å². The van der Waals surface area contributed by atoms with E-state index in [0.29, 0.717) is 12.4 Å². The fraction of sp³-hybridized carbons (Fsp3) is 0.182. The molecule has 2 aromatic rings. The van der Waals surface area contributed by atoms with Crippen LogP contribution >= 0.6 is 15.9 Å². The van der Waals surface area contributed by atoms with Gasteiger partial charge in [-0.2, -0.15) is 5.10 Å². The summed E-state index contributed by atoms with van der Waals surface area (Å²) in [6, 6.07) is 7.35. The van der Waals surface area contributed by atoms with Gasteiger partial charge in [0, 0.05) is 4.47 Å². The van der Waals surface area contributed by atoms with Gasteiger partial charge in [-0.3, -0.25) is 9.78 Å². The molecule has 7 heteroatoms. The molecule has 1 heterocycles. The third kappa shape index (κ3) is 3.30. The summed E-state index contributed by atoms with van der Waals surface area (Å²) < 4.78 is 7.54. The maximum atomic E-state index is 11.3. The normalized spacial score (nSPS) is 10.3. The first-order valence-corrected chi connectivity index (χ1v) is 5.99. The van der Waals surface area contributed by atoms with Crippen LogP contribution in [-0.4, -0.2) is 21.4 Å². The van der Waals surface area contributed by atoms with Crippen molar-refractivity contribution in [2.45, 2.75) is 6.54 Å². The molecule has 0 aliphatic carbocycles. The van der Waals surface area contributed by atoms with E-state index in [1.807, 2.05) is 24.3 Å². The summed E-state index contributed by atoms with van der Waals surface area (Å²) in [6.07, 6.45) is 1.06. The molecule has 1 aromatic heterocycles. The van der Waals surface area contributed by atoms with Crippen molar-refractivity contribution in [3.05, 3.63) is 55.8 Å². The fourth-order valence-electron chi connectivity index (χ4n) is 1.32. The third-order valence-electron chi connectivity index (χ3n) is 2.16. The van der Waals surface area contributed by atoms with Gasteiger partial charge in [-0.05, 0) is 24.3 Å². The van der Waals surface area contributed by atoms with Crippen molar-refractivity contribution in [1.29, 1.82) is 0 Å². The summed E-state index contributed by atoms with van der Waals surface area (Å²) in [5.41, 5.74) is -1.05. The molecule has 1 aromatic carbocycles. The Bertz CT molecular complexity index is 633. The maximum Gasteiger partial charge on any atom is 0.344 e. The predicted octanol–water partition coefficient (Wildman–Crippen LogP) is 0.773. The lowest BCUT2D eigenvalue weighted by Gasteiger charge is -2.06. The number of nitrogens with one attached hydrogen (secondary N) is 1. The molecule has 6 nitrogen and oxygen atoms in total. The topological polar surface area (TPSA) is 77.0 Å². The summed E-state index contributed by atoms with van der Waals surface area (Å²) in [6.45, 7) is 0.562. The molecule has 0 unspecified atom stereocenters. The minimum absolute atomic E-state index is 0.270. The lowest BCUT2D eigenvalue weighted by Crippen LogP contribution is -2.32. The van der Waals surface area contributed by atoms with Gasteiger partial charge in [0.05, 0.1) is 6.54 Å². The highest BCUT2D eigenvalue weighted by Crippen LogP contribution is 2.15. The van der Waals surface area contributed by atoms with Gasteiger partial charge in [0.15, 0.2) is 0 Å². The predicted molar refractivity (Wildman–Crippen MR) is 68.8 cm³/mol. The Morgan fingerprint density at radius 3 is 2.67 bits per heavy atom. The Balaban J connectivity index is 1.94. The number of hydrogen-bond acceptors (Lipinski definition) is 4. The summed E-state index contributed by atoms with van der Waals surface area (Å²) in [7, 11) is 0. The number of H-pyrrole nitrogens is 1. The minimum Gasteiger partial charge on any atom is -0.492 e. The average Bonchev–Trinajstić information content (AvgIpc) is 2.34. The first-order chi connectivity index (χ1) is 8.65. The van der Waals surface area contributed by atoms with E-state index in [1.54, 1.807) is 0 Å². The lowest BCUT2D eigenvalue weighted by atomic mass is 10.3. The highest BCUT2D eigenvalue weighted by molar-refractivity contribution is 9.10. The molecule has 0 radical (unpaired) electrons. The Hall–Kier alpha value is -1.89. The zero-order chi connectivity index (χ0) is 13.0. The highest BCUT2D eigenvalue weighted by atomic mass is 79.9. The second-order valence-corrected chi connectivity index (χ2v) is 4.38. The first kappa shape index (κ1) is 12.6. The van der Waals surface area contributed by atoms with E-state index in [-0.39, 0.29) is 6.54 Å². The Morgan fingerprint density at radius 1 is 1.28 bits per heavy atom. The van der Waals surface area contributed by atoms with Crippen LogP contribution < -0.4 is 16.0 Å². The Kier molecular flexibility index (Phi) is 3.93. The second kappa shape index (κ2) is 5.63. The van der Waals surface area contributed by atoms with E-state index in [2.05, 4.69) is 26.0 Å². The van der Waals surface area contributed by atoms with E-state index in [1.165, 1.54) is 0 Å². The molecule has 0 atom stereocenters. The summed E-state index contributed by atoms with van der Waals surface area (Å²) in [5, 5.41) is 3.70. The van der Waals surface area contributed by atoms with Crippen LogP contribution in [0.5, 0.6) is 5.75 Å². The van der Waals surface area contributed by atoms with E-state index in [9.17, 15) is 9.59 Å². The van der Waals surface area contributed by atoms with Crippen molar-refractivity contribution in [3.63, 3.8) is 0 Å². The zero-order valence-electron chi connectivity index (χ0n) is 9.30. The molecule has 0 saturated carbocycles. The molecule has 94 valence electrons. The van der Waals surface area contributed by atoms with Crippen LogP contribution in [0.1, 0.15) is 0 Å². The minimum atomic E-state index is -0.540. The van der Waals surface area contributed by atoms with Crippen LogP contribution in [0.4, 0.5) is 0 Å². The molecule has 0 fully saturated rings. The summed E-state index contributed by atoms with van der Waals surface area (Å²) in [4.78, 5) is 24.2. The first-order valence-electron chi connectivity index (χ1n) is 5.20. The molecular formula is C11H10BrN3O3. The molecule has 0 spiro atoms. The fourth-order valence-corrected chi connectivity index (χ4v) is 1.58. The molecular weight excluding hydrogens is 302 g/mol. The molecule has 0 amide bonds. The summed E-state index contributed by atoms with van der Waals surface area (Å²) >= 11 is 3.32. The van der Waals surface area contributed by atoms with Crippen LogP contribution in [0.15, 0.2) is 44.5 Å². The average molecular weight is 312 g/mol. The Morgan fingerprint density at radius 2 is 2.00 bits per heavy atom. The van der Waals surface area contributed by atoms with E-state index in [0.717, 1.165) is 15.4 Å². The third-order valence-corrected chi connectivity index (χ3v) is 2.69. The van der Waals surface area contributed by atoms with Gasteiger partial charge < -0.3 is 4.74 Å². The quantitative estimate of drug-likeness (QED) is 0.905. The molecule has 0 bridgehead atoms. The lowest BCUT2D eigenvalue weighted by molar-refractivity contribution is 0.286. The van der Waals surface area contributed by atoms with Crippen molar-refractivity contribution in [3.8, 4) is 5.75 Å². The van der Waals surface area contributed by atoms with Crippen molar-refractivity contribution >= 4 is 15.9 Å². The number of hydrogen-bond donors (Lipinski definition) is 1. The highest BCUT2D eigenvalue weighted by Gasteiger charge is 1.99.